The summed E-state index contributed by atoms with van der Waals surface area (Å²) >= 11 is 0. The summed E-state index contributed by atoms with van der Waals surface area (Å²) in [5.74, 6) is 0.339. The third-order valence-corrected chi connectivity index (χ3v) is 5.62. The van der Waals surface area contributed by atoms with E-state index in [-0.39, 0.29) is 23.3 Å². The van der Waals surface area contributed by atoms with Crippen molar-refractivity contribution < 1.29 is 9.59 Å². The van der Waals surface area contributed by atoms with Crippen molar-refractivity contribution in [2.75, 3.05) is 26.7 Å². The van der Waals surface area contributed by atoms with Gasteiger partial charge in [-0.15, -0.1) is 0 Å². The molecule has 2 fully saturated rings. The number of nitrogens with zero attached hydrogens (tertiary/aromatic N) is 2. The fourth-order valence-electron chi connectivity index (χ4n) is 3.92. The Labute approximate surface area is 144 Å². The summed E-state index contributed by atoms with van der Waals surface area (Å²) in [5.41, 5.74) is 1.26. The second kappa shape index (κ2) is 6.93. The van der Waals surface area contributed by atoms with Crippen LogP contribution >= 0.6 is 0 Å². The molecule has 1 spiro atoms. The van der Waals surface area contributed by atoms with Gasteiger partial charge in [-0.1, -0.05) is 30.3 Å². The normalized spacial score (nSPS) is 21.9. The fraction of sp³-hybridized carbons (Fsp3) is 0.579. The van der Waals surface area contributed by atoms with Crippen LogP contribution in [0.1, 0.15) is 31.7 Å². The quantitative estimate of drug-likeness (QED) is 0.913. The van der Waals surface area contributed by atoms with Crippen molar-refractivity contribution in [2.45, 2.75) is 38.8 Å². The molecule has 2 saturated heterocycles. The highest BCUT2D eigenvalue weighted by Gasteiger charge is 2.44. The van der Waals surface area contributed by atoms with E-state index in [9.17, 15) is 9.59 Å². The van der Waals surface area contributed by atoms with E-state index in [0.717, 1.165) is 38.0 Å². The largest absolute Gasteiger partial charge is 0.351 e. The molecule has 2 aliphatic heterocycles. The highest BCUT2D eigenvalue weighted by molar-refractivity contribution is 5.81. The second-order valence-corrected chi connectivity index (χ2v) is 7.34. The molecule has 1 aromatic carbocycles. The molecule has 0 saturated carbocycles. The Morgan fingerprint density at radius 2 is 1.92 bits per heavy atom. The van der Waals surface area contributed by atoms with Crippen LogP contribution in [0.2, 0.25) is 0 Å². The van der Waals surface area contributed by atoms with Crippen LogP contribution in [0.4, 0.5) is 0 Å². The van der Waals surface area contributed by atoms with Gasteiger partial charge in [0.2, 0.25) is 11.8 Å². The van der Waals surface area contributed by atoms with Gasteiger partial charge < -0.3 is 10.2 Å². The van der Waals surface area contributed by atoms with Gasteiger partial charge in [-0.25, -0.2) is 0 Å². The maximum Gasteiger partial charge on any atom is 0.237 e. The van der Waals surface area contributed by atoms with Gasteiger partial charge in [-0.05, 0) is 43.8 Å². The number of hydrogen-bond acceptors (Lipinski definition) is 3. The van der Waals surface area contributed by atoms with Crippen molar-refractivity contribution in [3.8, 4) is 0 Å². The predicted molar refractivity (Wildman–Crippen MR) is 93.2 cm³/mol. The number of nitrogens with one attached hydrogen (secondary N) is 1. The minimum atomic E-state index is -0.124. The van der Waals surface area contributed by atoms with E-state index in [2.05, 4.69) is 10.2 Å². The van der Waals surface area contributed by atoms with Crippen LogP contribution in [-0.2, 0) is 16.1 Å². The molecule has 1 N–H and O–H groups in total. The molecule has 0 aliphatic carbocycles. The van der Waals surface area contributed by atoms with Crippen molar-refractivity contribution in [3.05, 3.63) is 35.9 Å². The van der Waals surface area contributed by atoms with Crippen LogP contribution in [0.15, 0.2) is 30.3 Å². The number of hydrogen-bond donors (Lipinski definition) is 1. The van der Waals surface area contributed by atoms with Crippen molar-refractivity contribution in [2.24, 2.45) is 5.41 Å². The highest BCUT2D eigenvalue weighted by Crippen LogP contribution is 2.40. The van der Waals surface area contributed by atoms with Crippen LogP contribution < -0.4 is 5.32 Å². The molecule has 0 aromatic heterocycles. The smallest absolute Gasteiger partial charge is 0.237 e. The topological polar surface area (TPSA) is 52.7 Å². The summed E-state index contributed by atoms with van der Waals surface area (Å²) in [6.07, 6.45) is 2.67. The van der Waals surface area contributed by atoms with Gasteiger partial charge in [0.05, 0.1) is 6.04 Å². The third kappa shape index (κ3) is 3.61. The molecule has 2 aliphatic rings. The second-order valence-electron chi connectivity index (χ2n) is 7.34. The Bertz CT molecular complexity index is 594. The molecule has 3 rings (SSSR count). The molecule has 2 amide bonds. The Balaban J connectivity index is 1.49. The lowest BCUT2D eigenvalue weighted by molar-refractivity contribution is -0.128. The molecule has 0 radical (unpaired) electrons. The van der Waals surface area contributed by atoms with E-state index >= 15 is 0 Å². The van der Waals surface area contributed by atoms with Crippen LogP contribution in [0.3, 0.4) is 0 Å². The van der Waals surface area contributed by atoms with Gasteiger partial charge in [0.15, 0.2) is 0 Å². The Morgan fingerprint density at radius 3 is 2.50 bits per heavy atom. The average molecular weight is 329 g/mol. The van der Waals surface area contributed by atoms with Gasteiger partial charge in [-0.3, -0.25) is 14.5 Å². The predicted octanol–water partition coefficient (Wildman–Crippen LogP) is 1.64. The SMILES string of the molecule is CC(C(=O)NCc1ccccc1)N1CCC2(CC1)CC(=O)N(C)C2. The first-order valence-electron chi connectivity index (χ1n) is 8.79. The van der Waals surface area contributed by atoms with Gasteiger partial charge in [0, 0.05) is 26.6 Å². The molecule has 1 aromatic rings. The van der Waals surface area contributed by atoms with E-state index in [1.807, 2.05) is 49.2 Å². The number of rotatable bonds is 4. The number of carbonyl (C=O) groups excluding carboxylic acids is 2. The first-order valence-corrected chi connectivity index (χ1v) is 8.79. The van der Waals surface area contributed by atoms with Gasteiger partial charge in [0.1, 0.15) is 0 Å². The summed E-state index contributed by atoms with van der Waals surface area (Å²) < 4.78 is 0. The van der Waals surface area contributed by atoms with E-state index < -0.39 is 0 Å². The number of piperidine rings is 1. The first kappa shape index (κ1) is 17.0. The number of amides is 2. The maximum atomic E-state index is 12.4. The molecule has 0 bridgehead atoms. The van der Waals surface area contributed by atoms with E-state index in [1.165, 1.54) is 0 Å². The zero-order chi connectivity index (χ0) is 17.2. The van der Waals surface area contributed by atoms with Gasteiger partial charge >= 0.3 is 0 Å². The zero-order valence-electron chi connectivity index (χ0n) is 14.6. The minimum absolute atomic E-state index is 0.0782. The van der Waals surface area contributed by atoms with Crippen molar-refractivity contribution in [1.29, 1.82) is 0 Å². The molecular formula is C19H27N3O2. The Kier molecular flexibility index (Phi) is 4.90. The maximum absolute atomic E-state index is 12.4. The molecule has 130 valence electrons. The lowest BCUT2D eigenvalue weighted by Crippen LogP contribution is -2.50. The van der Waals surface area contributed by atoms with Crippen molar-refractivity contribution >= 4 is 11.8 Å². The van der Waals surface area contributed by atoms with Crippen LogP contribution in [0.5, 0.6) is 0 Å². The van der Waals surface area contributed by atoms with Crippen LogP contribution in [0.25, 0.3) is 0 Å². The average Bonchev–Trinajstić information content (AvgIpc) is 2.87. The number of carbonyl (C=O) groups is 2. The summed E-state index contributed by atoms with van der Waals surface area (Å²) in [7, 11) is 1.89. The molecular weight excluding hydrogens is 302 g/mol. The molecule has 2 heterocycles. The lowest BCUT2D eigenvalue weighted by Gasteiger charge is -2.40. The minimum Gasteiger partial charge on any atom is -0.351 e. The Morgan fingerprint density at radius 1 is 1.25 bits per heavy atom. The lowest BCUT2D eigenvalue weighted by atomic mass is 9.77. The van der Waals surface area contributed by atoms with Crippen molar-refractivity contribution in [3.63, 3.8) is 0 Å². The Hall–Kier alpha value is -1.88. The molecule has 1 atom stereocenters. The highest BCUT2D eigenvalue weighted by atomic mass is 16.2. The number of benzene rings is 1. The van der Waals surface area contributed by atoms with Gasteiger partial charge in [-0.2, -0.15) is 0 Å². The van der Waals surface area contributed by atoms with E-state index in [1.54, 1.807) is 0 Å². The summed E-state index contributed by atoms with van der Waals surface area (Å²) in [5, 5.41) is 3.03. The summed E-state index contributed by atoms with van der Waals surface area (Å²) in [6, 6.07) is 9.85. The van der Waals surface area contributed by atoms with E-state index in [0.29, 0.717) is 13.0 Å². The van der Waals surface area contributed by atoms with Gasteiger partial charge in [0.25, 0.3) is 0 Å². The molecule has 24 heavy (non-hydrogen) atoms. The molecule has 5 nitrogen and oxygen atoms in total. The molecule has 1 unspecified atom stereocenters. The van der Waals surface area contributed by atoms with Crippen molar-refractivity contribution in [1.82, 2.24) is 15.1 Å². The van der Waals surface area contributed by atoms with E-state index in [4.69, 9.17) is 0 Å². The standard InChI is InChI=1S/C19H27N3O2/c1-15(18(24)20-13-16-6-4-3-5-7-16)22-10-8-19(9-11-22)12-17(23)21(2)14-19/h3-7,15H,8-14H2,1-2H3,(H,20,24). The third-order valence-electron chi connectivity index (χ3n) is 5.62. The monoisotopic (exact) mass is 329 g/mol. The summed E-state index contributed by atoms with van der Waals surface area (Å²) in [4.78, 5) is 28.4. The van der Waals surface area contributed by atoms with Crippen LogP contribution in [-0.4, -0.2) is 54.3 Å². The molecule has 5 heteroatoms. The zero-order valence-corrected chi connectivity index (χ0v) is 14.6. The summed E-state index contributed by atoms with van der Waals surface area (Å²) in [6.45, 7) is 5.20. The first-order chi connectivity index (χ1) is 11.5. The fourth-order valence-corrected chi connectivity index (χ4v) is 3.92. The van der Waals surface area contributed by atoms with Crippen LogP contribution in [0, 0.1) is 5.41 Å². The number of likely N-dealkylation sites (tertiary alicyclic amines) is 2.